The van der Waals surface area contributed by atoms with E-state index in [2.05, 4.69) is 40.1 Å². The highest BCUT2D eigenvalue weighted by Crippen LogP contribution is 2.31. The number of pyridine rings is 1. The van der Waals surface area contributed by atoms with Gasteiger partial charge in [-0.1, -0.05) is 31.5 Å². The van der Waals surface area contributed by atoms with Gasteiger partial charge in [0, 0.05) is 29.4 Å². The number of hydrogen-bond donors (Lipinski definition) is 1. The van der Waals surface area contributed by atoms with Gasteiger partial charge in [-0.25, -0.2) is 4.98 Å². The zero-order chi connectivity index (χ0) is 15.4. The molecule has 0 bridgehead atoms. The SMILES string of the molecule is Cc1nc(Oc2ccc(Cl)cc2Br)ccc1CNC(C)C. The third kappa shape index (κ3) is 4.70. The summed E-state index contributed by atoms with van der Waals surface area (Å²) < 4.78 is 6.59. The van der Waals surface area contributed by atoms with Crippen molar-refractivity contribution >= 4 is 27.5 Å². The first-order valence-electron chi connectivity index (χ1n) is 6.78. The van der Waals surface area contributed by atoms with E-state index < -0.39 is 0 Å². The minimum Gasteiger partial charge on any atom is -0.438 e. The average Bonchev–Trinajstić information content (AvgIpc) is 2.41. The molecule has 2 rings (SSSR count). The van der Waals surface area contributed by atoms with Gasteiger partial charge in [-0.05, 0) is 46.6 Å². The lowest BCUT2D eigenvalue weighted by molar-refractivity contribution is 0.458. The molecule has 0 saturated carbocycles. The summed E-state index contributed by atoms with van der Waals surface area (Å²) in [6, 6.07) is 9.77. The average molecular weight is 370 g/mol. The van der Waals surface area contributed by atoms with E-state index in [9.17, 15) is 0 Å². The number of aryl methyl sites for hydroxylation is 1. The van der Waals surface area contributed by atoms with Gasteiger partial charge in [0.15, 0.2) is 0 Å². The lowest BCUT2D eigenvalue weighted by Crippen LogP contribution is -2.22. The van der Waals surface area contributed by atoms with E-state index in [1.165, 1.54) is 5.56 Å². The number of nitrogens with one attached hydrogen (secondary N) is 1. The quantitative estimate of drug-likeness (QED) is 0.796. The third-order valence-corrected chi connectivity index (χ3v) is 3.83. The second kappa shape index (κ2) is 7.25. The summed E-state index contributed by atoms with van der Waals surface area (Å²) in [7, 11) is 0. The van der Waals surface area contributed by atoms with Crippen LogP contribution in [0.15, 0.2) is 34.8 Å². The van der Waals surface area contributed by atoms with Gasteiger partial charge < -0.3 is 10.1 Å². The lowest BCUT2D eigenvalue weighted by Gasteiger charge is -2.12. The molecular formula is C16H18BrClN2O. The van der Waals surface area contributed by atoms with Crippen molar-refractivity contribution in [3.63, 3.8) is 0 Å². The molecule has 0 saturated heterocycles. The molecule has 5 heteroatoms. The number of ether oxygens (including phenoxy) is 1. The summed E-state index contributed by atoms with van der Waals surface area (Å²) in [4.78, 5) is 4.49. The number of halogens is 2. The van der Waals surface area contributed by atoms with Gasteiger partial charge in [-0.3, -0.25) is 0 Å². The maximum absolute atomic E-state index is 5.92. The Morgan fingerprint density at radius 1 is 1.29 bits per heavy atom. The van der Waals surface area contributed by atoms with Gasteiger partial charge in [0.1, 0.15) is 5.75 Å². The summed E-state index contributed by atoms with van der Waals surface area (Å²) in [6.45, 7) is 7.04. The van der Waals surface area contributed by atoms with Crippen molar-refractivity contribution in [2.75, 3.05) is 0 Å². The van der Waals surface area contributed by atoms with Gasteiger partial charge in [0.25, 0.3) is 0 Å². The molecule has 0 aliphatic carbocycles. The van der Waals surface area contributed by atoms with E-state index in [0.29, 0.717) is 22.7 Å². The van der Waals surface area contributed by atoms with Crippen molar-refractivity contribution in [3.8, 4) is 11.6 Å². The number of nitrogens with zero attached hydrogens (tertiary/aromatic N) is 1. The third-order valence-electron chi connectivity index (χ3n) is 2.98. The molecule has 0 unspecified atom stereocenters. The van der Waals surface area contributed by atoms with Crippen LogP contribution in [-0.2, 0) is 6.54 Å². The van der Waals surface area contributed by atoms with Crippen LogP contribution in [0.5, 0.6) is 11.6 Å². The standard InChI is InChI=1S/C16H18BrClN2O/c1-10(2)19-9-12-4-7-16(20-11(12)3)21-15-6-5-13(18)8-14(15)17/h4-8,10,19H,9H2,1-3H3. The van der Waals surface area contributed by atoms with Crippen LogP contribution in [0.2, 0.25) is 5.02 Å². The minimum atomic E-state index is 0.449. The Labute approximate surface area is 138 Å². The second-order valence-corrected chi connectivity index (χ2v) is 6.40. The fraction of sp³-hybridized carbons (Fsp3) is 0.312. The molecule has 0 aliphatic rings. The highest BCUT2D eigenvalue weighted by Gasteiger charge is 2.07. The van der Waals surface area contributed by atoms with Crippen molar-refractivity contribution in [1.82, 2.24) is 10.3 Å². The molecule has 1 N–H and O–H groups in total. The Balaban J connectivity index is 2.12. The molecule has 0 radical (unpaired) electrons. The van der Waals surface area contributed by atoms with Crippen LogP contribution in [-0.4, -0.2) is 11.0 Å². The summed E-state index contributed by atoms with van der Waals surface area (Å²) >= 11 is 9.35. The van der Waals surface area contributed by atoms with E-state index in [1.54, 1.807) is 12.1 Å². The topological polar surface area (TPSA) is 34.1 Å². The van der Waals surface area contributed by atoms with Gasteiger partial charge in [-0.2, -0.15) is 0 Å². The molecule has 112 valence electrons. The van der Waals surface area contributed by atoms with E-state index in [4.69, 9.17) is 16.3 Å². The zero-order valence-corrected chi connectivity index (χ0v) is 14.6. The Morgan fingerprint density at radius 3 is 2.67 bits per heavy atom. The summed E-state index contributed by atoms with van der Waals surface area (Å²) in [5.74, 6) is 1.27. The first-order chi connectivity index (χ1) is 9.95. The summed E-state index contributed by atoms with van der Waals surface area (Å²) in [5, 5.41) is 4.04. The Bertz CT molecular complexity index is 632. The van der Waals surface area contributed by atoms with Crippen LogP contribution >= 0.6 is 27.5 Å². The molecule has 0 aliphatic heterocycles. The first kappa shape index (κ1) is 16.3. The van der Waals surface area contributed by atoms with Crippen LogP contribution in [0.3, 0.4) is 0 Å². The molecule has 0 fully saturated rings. The molecule has 3 nitrogen and oxygen atoms in total. The van der Waals surface area contributed by atoms with E-state index >= 15 is 0 Å². The van der Waals surface area contributed by atoms with Gasteiger partial charge >= 0.3 is 0 Å². The molecule has 0 amide bonds. The number of benzene rings is 1. The van der Waals surface area contributed by atoms with Crippen molar-refractivity contribution in [2.24, 2.45) is 0 Å². The Morgan fingerprint density at radius 2 is 2.05 bits per heavy atom. The van der Waals surface area contributed by atoms with Gasteiger partial charge in [-0.15, -0.1) is 0 Å². The van der Waals surface area contributed by atoms with Crippen LogP contribution in [0.25, 0.3) is 0 Å². The highest BCUT2D eigenvalue weighted by molar-refractivity contribution is 9.10. The molecule has 0 spiro atoms. The molecule has 1 aromatic carbocycles. The molecule has 1 aromatic heterocycles. The van der Waals surface area contributed by atoms with Crippen molar-refractivity contribution in [2.45, 2.75) is 33.4 Å². The maximum Gasteiger partial charge on any atom is 0.219 e. The Kier molecular flexibility index (Phi) is 5.62. The number of hydrogen-bond acceptors (Lipinski definition) is 3. The monoisotopic (exact) mass is 368 g/mol. The van der Waals surface area contributed by atoms with E-state index in [1.807, 2.05) is 25.1 Å². The zero-order valence-electron chi connectivity index (χ0n) is 12.3. The fourth-order valence-electron chi connectivity index (χ4n) is 1.80. The second-order valence-electron chi connectivity index (χ2n) is 5.11. The Hall–Kier alpha value is -1.10. The maximum atomic E-state index is 5.92. The predicted molar refractivity (Wildman–Crippen MR) is 90.2 cm³/mol. The largest absolute Gasteiger partial charge is 0.438 e. The first-order valence-corrected chi connectivity index (χ1v) is 7.95. The van der Waals surface area contributed by atoms with Crippen molar-refractivity contribution < 1.29 is 4.74 Å². The fourth-order valence-corrected chi connectivity index (χ4v) is 2.56. The number of rotatable bonds is 5. The highest BCUT2D eigenvalue weighted by atomic mass is 79.9. The van der Waals surface area contributed by atoms with Gasteiger partial charge in [0.2, 0.25) is 5.88 Å². The van der Waals surface area contributed by atoms with Crippen LogP contribution in [0.4, 0.5) is 0 Å². The molecule has 1 heterocycles. The smallest absolute Gasteiger partial charge is 0.219 e. The van der Waals surface area contributed by atoms with E-state index in [-0.39, 0.29) is 0 Å². The predicted octanol–water partition coefficient (Wildman–Crippen LogP) is 5.10. The molecule has 0 atom stereocenters. The van der Waals surface area contributed by atoms with Crippen molar-refractivity contribution in [1.29, 1.82) is 0 Å². The van der Waals surface area contributed by atoms with Crippen LogP contribution in [0.1, 0.15) is 25.1 Å². The van der Waals surface area contributed by atoms with E-state index in [0.717, 1.165) is 16.7 Å². The lowest BCUT2D eigenvalue weighted by atomic mass is 10.2. The normalized spacial score (nSPS) is 11.0. The van der Waals surface area contributed by atoms with Crippen LogP contribution in [0, 0.1) is 6.92 Å². The summed E-state index contributed by atoms with van der Waals surface area (Å²) in [6.07, 6.45) is 0. The molecular weight excluding hydrogens is 352 g/mol. The van der Waals surface area contributed by atoms with Crippen molar-refractivity contribution in [3.05, 3.63) is 51.1 Å². The summed E-state index contributed by atoms with van der Waals surface area (Å²) in [5.41, 5.74) is 2.14. The molecule has 21 heavy (non-hydrogen) atoms. The number of aromatic nitrogens is 1. The molecule has 2 aromatic rings. The minimum absolute atomic E-state index is 0.449. The van der Waals surface area contributed by atoms with Crippen LogP contribution < -0.4 is 10.1 Å². The van der Waals surface area contributed by atoms with Gasteiger partial charge in [0.05, 0.1) is 4.47 Å².